The Bertz CT molecular complexity index is 742. The molecule has 20 heavy (non-hydrogen) atoms. The van der Waals surface area contributed by atoms with Crippen LogP contribution in [0.25, 0.3) is 11.3 Å². The molecule has 0 unspecified atom stereocenters. The number of fused-ring (bicyclic) bond motifs is 4. The summed E-state index contributed by atoms with van der Waals surface area (Å²) in [5, 5.41) is 0. The van der Waals surface area contributed by atoms with Gasteiger partial charge in [0.05, 0.1) is 11.3 Å². The zero-order valence-corrected chi connectivity index (χ0v) is 11.3. The number of rotatable bonds is 0. The molecule has 4 rings (SSSR count). The monoisotopic (exact) mass is 267 g/mol. The predicted octanol–water partition coefficient (Wildman–Crippen LogP) is 1.99. The van der Waals surface area contributed by atoms with Crippen molar-refractivity contribution in [1.82, 2.24) is 9.66 Å². The first-order valence-corrected chi connectivity index (χ1v) is 7.17. The maximum absolute atomic E-state index is 12.6. The van der Waals surface area contributed by atoms with Crippen LogP contribution >= 0.6 is 0 Å². The van der Waals surface area contributed by atoms with Gasteiger partial charge in [-0.2, -0.15) is 0 Å². The Morgan fingerprint density at radius 2 is 1.95 bits per heavy atom. The third-order valence-electron chi connectivity index (χ3n) is 4.89. The molecule has 0 radical (unpaired) electrons. The van der Waals surface area contributed by atoms with Crippen molar-refractivity contribution >= 4 is 0 Å². The quantitative estimate of drug-likeness (QED) is 0.743. The molecule has 1 aromatic carbocycles. The van der Waals surface area contributed by atoms with Crippen molar-refractivity contribution in [2.45, 2.75) is 37.5 Å². The average molecular weight is 267 g/mol. The molecule has 2 N–H and O–H groups in total. The molecule has 0 atom stereocenters. The van der Waals surface area contributed by atoms with E-state index in [0.717, 1.165) is 40.8 Å². The Hall–Kier alpha value is -2.10. The Balaban J connectivity index is 2.08. The van der Waals surface area contributed by atoms with Crippen molar-refractivity contribution in [2.24, 2.45) is 0 Å². The molecular formula is C16H17N3O. The van der Waals surface area contributed by atoms with Crippen LogP contribution in [0.3, 0.4) is 0 Å². The summed E-state index contributed by atoms with van der Waals surface area (Å²) in [6, 6.07) is 8.29. The number of aromatic nitrogens is 2. The first-order valence-electron chi connectivity index (χ1n) is 7.17. The van der Waals surface area contributed by atoms with Gasteiger partial charge in [-0.05, 0) is 24.8 Å². The number of nitrogen functional groups attached to an aromatic ring is 1. The van der Waals surface area contributed by atoms with Gasteiger partial charge >= 0.3 is 0 Å². The lowest BCUT2D eigenvalue weighted by molar-refractivity contribution is 0.424. The summed E-state index contributed by atoms with van der Waals surface area (Å²) in [4.78, 5) is 17.1. The molecule has 0 bridgehead atoms. The minimum Gasteiger partial charge on any atom is -0.335 e. The molecule has 1 saturated carbocycles. The number of benzene rings is 1. The average Bonchev–Trinajstić information content (AvgIpc) is 2.91. The van der Waals surface area contributed by atoms with Gasteiger partial charge in [0.15, 0.2) is 0 Å². The fourth-order valence-electron chi connectivity index (χ4n) is 3.99. The van der Waals surface area contributed by atoms with E-state index in [4.69, 9.17) is 5.84 Å². The summed E-state index contributed by atoms with van der Waals surface area (Å²) < 4.78 is 1.13. The first-order chi connectivity index (χ1) is 9.71. The van der Waals surface area contributed by atoms with Crippen LogP contribution in [0.2, 0.25) is 0 Å². The van der Waals surface area contributed by atoms with Gasteiger partial charge in [0.25, 0.3) is 5.56 Å². The zero-order chi connectivity index (χ0) is 13.7. The molecular weight excluding hydrogens is 250 g/mol. The topological polar surface area (TPSA) is 60.9 Å². The van der Waals surface area contributed by atoms with E-state index in [1.165, 1.54) is 24.7 Å². The first kappa shape index (κ1) is 11.7. The summed E-state index contributed by atoms with van der Waals surface area (Å²) in [5.41, 5.74) is 3.97. The van der Waals surface area contributed by atoms with Gasteiger partial charge in [0, 0.05) is 11.0 Å². The second-order valence-corrected chi connectivity index (χ2v) is 6.00. The number of nitrogens with zero attached hydrogens (tertiary/aromatic N) is 2. The second-order valence-electron chi connectivity index (χ2n) is 6.00. The number of hydrogen-bond acceptors (Lipinski definition) is 3. The molecule has 2 aliphatic rings. The van der Waals surface area contributed by atoms with Gasteiger partial charge in [0.1, 0.15) is 6.33 Å². The highest BCUT2D eigenvalue weighted by Gasteiger charge is 2.43. The van der Waals surface area contributed by atoms with E-state index in [9.17, 15) is 4.79 Å². The van der Waals surface area contributed by atoms with Crippen molar-refractivity contribution < 1.29 is 0 Å². The van der Waals surface area contributed by atoms with Crippen molar-refractivity contribution in [1.29, 1.82) is 0 Å². The lowest BCUT2D eigenvalue weighted by Crippen LogP contribution is -2.41. The highest BCUT2D eigenvalue weighted by atomic mass is 16.1. The van der Waals surface area contributed by atoms with Gasteiger partial charge in [0.2, 0.25) is 0 Å². The zero-order valence-electron chi connectivity index (χ0n) is 11.3. The lowest BCUT2D eigenvalue weighted by Gasteiger charge is -2.35. The molecule has 2 aromatic rings. The van der Waals surface area contributed by atoms with Crippen LogP contribution in [-0.2, 0) is 11.8 Å². The van der Waals surface area contributed by atoms with Crippen molar-refractivity contribution in [3.63, 3.8) is 0 Å². The SMILES string of the molecule is Nn1cnc2c(c1=O)C1(CCCC1)Cc1ccccc1-2. The van der Waals surface area contributed by atoms with E-state index in [1.807, 2.05) is 6.07 Å². The van der Waals surface area contributed by atoms with Crippen molar-refractivity contribution in [3.05, 3.63) is 52.1 Å². The summed E-state index contributed by atoms with van der Waals surface area (Å²) in [6.45, 7) is 0. The Kier molecular flexibility index (Phi) is 2.31. The largest absolute Gasteiger partial charge is 0.335 e. The van der Waals surface area contributed by atoms with Crippen LogP contribution in [0, 0.1) is 0 Å². The Morgan fingerprint density at radius 1 is 1.20 bits per heavy atom. The molecule has 102 valence electrons. The van der Waals surface area contributed by atoms with Crippen LogP contribution in [0.5, 0.6) is 0 Å². The molecule has 4 nitrogen and oxygen atoms in total. The van der Waals surface area contributed by atoms with Crippen LogP contribution in [0.15, 0.2) is 35.4 Å². The fraction of sp³-hybridized carbons (Fsp3) is 0.375. The molecule has 1 fully saturated rings. The highest BCUT2D eigenvalue weighted by molar-refractivity contribution is 5.71. The van der Waals surface area contributed by atoms with Gasteiger partial charge in [-0.3, -0.25) is 4.79 Å². The molecule has 1 spiro atoms. The van der Waals surface area contributed by atoms with E-state index in [1.54, 1.807) is 0 Å². The lowest BCUT2D eigenvalue weighted by atomic mass is 9.68. The van der Waals surface area contributed by atoms with E-state index < -0.39 is 0 Å². The molecule has 1 heterocycles. The standard InChI is InChI=1S/C16H17N3O/c17-19-10-18-14-12-6-2-1-5-11(12)9-16(7-3-4-8-16)13(14)15(19)20/h1-2,5-6,10H,3-4,7-9,17H2. The molecule has 4 heteroatoms. The highest BCUT2D eigenvalue weighted by Crippen LogP contribution is 2.49. The summed E-state index contributed by atoms with van der Waals surface area (Å²) >= 11 is 0. The summed E-state index contributed by atoms with van der Waals surface area (Å²) in [7, 11) is 0. The van der Waals surface area contributed by atoms with Crippen LogP contribution in [0.4, 0.5) is 0 Å². The van der Waals surface area contributed by atoms with Gasteiger partial charge in [-0.1, -0.05) is 37.1 Å². The third-order valence-corrected chi connectivity index (χ3v) is 4.89. The van der Waals surface area contributed by atoms with Gasteiger partial charge in [-0.25, -0.2) is 9.66 Å². The molecule has 1 aromatic heterocycles. The normalized spacial score (nSPS) is 18.8. The smallest absolute Gasteiger partial charge is 0.276 e. The molecule has 2 aliphatic carbocycles. The maximum atomic E-state index is 12.6. The van der Waals surface area contributed by atoms with E-state index in [2.05, 4.69) is 23.2 Å². The fourth-order valence-corrected chi connectivity index (χ4v) is 3.99. The minimum absolute atomic E-state index is 0.0455. The number of nitrogens with two attached hydrogens (primary N) is 1. The van der Waals surface area contributed by atoms with Crippen LogP contribution in [-0.4, -0.2) is 9.66 Å². The predicted molar refractivity (Wildman–Crippen MR) is 77.9 cm³/mol. The third kappa shape index (κ3) is 1.42. The van der Waals surface area contributed by atoms with E-state index in [0.29, 0.717) is 0 Å². The Morgan fingerprint density at radius 3 is 2.75 bits per heavy atom. The van der Waals surface area contributed by atoms with Crippen LogP contribution < -0.4 is 11.4 Å². The van der Waals surface area contributed by atoms with Crippen molar-refractivity contribution in [3.8, 4) is 11.3 Å². The second kappa shape index (κ2) is 3.95. The maximum Gasteiger partial charge on any atom is 0.276 e. The number of hydrogen-bond donors (Lipinski definition) is 1. The van der Waals surface area contributed by atoms with E-state index in [-0.39, 0.29) is 11.0 Å². The molecule has 0 aliphatic heterocycles. The van der Waals surface area contributed by atoms with Crippen molar-refractivity contribution in [2.75, 3.05) is 5.84 Å². The summed E-state index contributed by atoms with van der Waals surface area (Å²) in [5.74, 6) is 5.76. The minimum atomic E-state index is -0.0774. The van der Waals surface area contributed by atoms with Gasteiger partial charge < -0.3 is 5.84 Å². The van der Waals surface area contributed by atoms with Gasteiger partial charge in [-0.15, -0.1) is 0 Å². The Labute approximate surface area is 117 Å². The summed E-state index contributed by atoms with van der Waals surface area (Å²) in [6.07, 6.45) is 6.87. The van der Waals surface area contributed by atoms with Crippen LogP contribution in [0.1, 0.15) is 36.8 Å². The molecule has 0 saturated heterocycles. The molecule has 0 amide bonds. The van der Waals surface area contributed by atoms with E-state index >= 15 is 0 Å².